The third-order valence-corrected chi connectivity index (χ3v) is 2.76. The average Bonchev–Trinajstić information content (AvgIpc) is 2.29. The highest BCUT2D eigenvalue weighted by molar-refractivity contribution is 5.46. The second-order valence-corrected chi connectivity index (χ2v) is 4.11. The zero-order valence-corrected chi connectivity index (χ0v) is 9.51. The van der Waals surface area contributed by atoms with Crippen LogP contribution in [0.25, 0.3) is 0 Å². The van der Waals surface area contributed by atoms with Crippen LogP contribution in [0.5, 0.6) is 17.2 Å². The van der Waals surface area contributed by atoms with Crippen molar-refractivity contribution < 1.29 is 15.3 Å². The summed E-state index contributed by atoms with van der Waals surface area (Å²) in [7, 11) is 0. The minimum absolute atomic E-state index is 0.100. The molecule has 0 fully saturated rings. The van der Waals surface area contributed by atoms with Crippen LogP contribution in [0.15, 0.2) is 36.4 Å². The third kappa shape index (κ3) is 2.50. The lowest BCUT2D eigenvalue weighted by Gasteiger charge is -2.08. The zero-order chi connectivity index (χ0) is 12.4. The first-order valence-corrected chi connectivity index (χ1v) is 5.35. The molecule has 0 bridgehead atoms. The molecule has 0 heterocycles. The predicted molar refractivity (Wildman–Crippen MR) is 65.4 cm³/mol. The Hall–Kier alpha value is -2.16. The lowest BCUT2D eigenvalue weighted by Crippen LogP contribution is -1.91. The Kier molecular flexibility index (Phi) is 2.91. The maximum atomic E-state index is 9.46. The van der Waals surface area contributed by atoms with Crippen molar-refractivity contribution in [1.82, 2.24) is 0 Å². The minimum atomic E-state index is -0.107. The Balaban J connectivity index is 2.30. The van der Waals surface area contributed by atoms with E-state index in [0.29, 0.717) is 6.42 Å². The fourth-order valence-electron chi connectivity index (χ4n) is 1.75. The molecule has 0 aliphatic carbocycles. The molecule has 17 heavy (non-hydrogen) atoms. The van der Waals surface area contributed by atoms with Crippen LogP contribution < -0.4 is 0 Å². The summed E-state index contributed by atoms with van der Waals surface area (Å²) >= 11 is 0. The first kappa shape index (κ1) is 11.3. The van der Waals surface area contributed by atoms with E-state index < -0.39 is 0 Å². The molecule has 88 valence electrons. The van der Waals surface area contributed by atoms with E-state index in [1.165, 1.54) is 0 Å². The van der Waals surface area contributed by atoms with Gasteiger partial charge < -0.3 is 15.3 Å². The third-order valence-electron chi connectivity index (χ3n) is 2.76. The maximum Gasteiger partial charge on any atom is 0.157 e. The van der Waals surface area contributed by atoms with Crippen molar-refractivity contribution in [3.63, 3.8) is 0 Å². The van der Waals surface area contributed by atoms with E-state index in [2.05, 4.69) is 0 Å². The van der Waals surface area contributed by atoms with Gasteiger partial charge in [-0.05, 0) is 54.3 Å². The highest BCUT2D eigenvalue weighted by Crippen LogP contribution is 2.29. The van der Waals surface area contributed by atoms with Crippen molar-refractivity contribution in [1.29, 1.82) is 0 Å². The van der Waals surface area contributed by atoms with E-state index in [9.17, 15) is 15.3 Å². The lowest BCUT2D eigenvalue weighted by molar-refractivity contribution is 0.403. The quantitative estimate of drug-likeness (QED) is 0.695. The summed E-state index contributed by atoms with van der Waals surface area (Å²) in [6.45, 7) is 1.88. The number of aryl methyl sites for hydroxylation is 1. The molecule has 3 N–H and O–H groups in total. The lowest BCUT2D eigenvalue weighted by atomic mass is 10.00. The van der Waals surface area contributed by atoms with Crippen LogP contribution in [-0.2, 0) is 6.42 Å². The van der Waals surface area contributed by atoms with Gasteiger partial charge in [0.15, 0.2) is 11.5 Å². The topological polar surface area (TPSA) is 60.7 Å². The summed E-state index contributed by atoms with van der Waals surface area (Å²) in [6, 6.07) is 10.0. The number of benzene rings is 2. The molecule has 0 radical (unpaired) electrons. The summed E-state index contributed by atoms with van der Waals surface area (Å²) < 4.78 is 0. The van der Waals surface area contributed by atoms with Crippen molar-refractivity contribution in [2.45, 2.75) is 13.3 Å². The van der Waals surface area contributed by atoms with Crippen LogP contribution in [0, 0.1) is 6.92 Å². The van der Waals surface area contributed by atoms with Gasteiger partial charge in [-0.15, -0.1) is 0 Å². The Labute approximate surface area is 99.6 Å². The van der Waals surface area contributed by atoms with Crippen molar-refractivity contribution in [2.75, 3.05) is 0 Å². The fourth-order valence-corrected chi connectivity index (χ4v) is 1.75. The summed E-state index contributed by atoms with van der Waals surface area (Å²) in [5, 5.41) is 28.0. The molecule has 3 nitrogen and oxygen atoms in total. The zero-order valence-electron chi connectivity index (χ0n) is 9.51. The number of phenols is 3. The Morgan fingerprint density at radius 2 is 1.47 bits per heavy atom. The van der Waals surface area contributed by atoms with Gasteiger partial charge in [0, 0.05) is 0 Å². The van der Waals surface area contributed by atoms with Gasteiger partial charge in [-0.2, -0.15) is 0 Å². The van der Waals surface area contributed by atoms with Crippen molar-refractivity contribution in [2.24, 2.45) is 0 Å². The molecular weight excluding hydrogens is 216 g/mol. The Morgan fingerprint density at radius 3 is 2.12 bits per heavy atom. The van der Waals surface area contributed by atoms with E-state index in [1.54, 1.807) is 24.3 Å². The van der Waals surface area contributed by atoms with Crippen molar-refractivity contribution >= 4 is 0 Å². The van der Waals surface area contributed by atoms with E-state index >= 15 is 0 Å². The van der Waals surface area contributed by atoms with E-state index in [4.69, 9.17) is 0 Å². The fraction of sp³-hybridized carbons (Fsp3) is 0.143. The standard InChI is InChI=1S/C14H14O3/c1-9-6-13(16)14(17)8-11(9)7-10-2-4-12(15)5-3-10/h2-6,8,15-17H,7H2,1H3. The van der Waals surface area contributed by atoms with E-state index in [0.717, 1.165) is 16.7 Å². The molecular formula is C14H14O3. The number of aromatic hydroxyl groups is 3. The van der Waals surface area contributed by atoms with Crippen LogP contribution in [0.4, 0.5) is 0 Å². The van der Waals surface area contributed by atoms with E-state index in [1.807, 2.05) is 19.1 Å². The van der Waals surface area contributed by atoms with Crippen LogP contribution in [0.1, 0.15) is 16.7 Å². The van der Waals surface area contributed by atoms with Gasteiger partial charge in [0.2, 0.25) is 0 Å². The highest BCUT2D eigenvalue weighted by Gasteiger charge is 2.06. The van der Waals surface area contributed by atoms with Crippen LogP contribution in [0.3, 0.4) is 0 Å². The predicted octanol–water partition coefficient (Wildman–Crippen LogP) is 2.70. The van der Waals surface area contributed by atoms with Gasteiger partial charge in [-0.3, -0.25) is 0 Å². The molecule has 0 aliphatic heterocycles. The number of hydrogen-bond acceptors (Lipinski definition) is 3. The Morgan fingerprint density at radius 1 is 0.882 bits per heavy atom. The summed E-state index contributed by atoms with van der Waals surface area (Å²) in [5.74, 6) is 0.0281. The Bertz CT molecular complexity index is 530. The highest BCUT2D eigenvalue weighted by atomic mass is 16.3. The second kappa shape index (κ2) is 4.37. The first-order valence-electron chi connectivity index (χ1n) is 5.35. The van der Waals surface area contributed by atoms with Gasteiger partial charge in [-0.1, -0.05) is 12.1 Å². The summed E-state index contributed by atoms with van der Waals surface area (Å²) in [4.78, 5) is 0. The normalized spacial score (nSPS) is 10.4. The minimum Gasteiger partial charge on any atom is -0.508 e. The van der Waals surface area contributed by atoms with Crippen molar-refractivity contribution in [3.05, 3.63) is 53.1 Å². The largest absolute Gasteiger partial charge is 0.508 e. The summed E-state index contributed by atoms with van der Waals surface area (Å²) in [5.41, 5.74) is 2.91. The van der Waals surface area contributed by atoms with Gasteiger partial charge >= 0.3 is 0 Å². The van der Waals surface area contributed by atoms with Crippen molar-refractivity contribution in [3.8, 4) is 17.2 Å². The maximum absolute atomic E-state index is 9.46. The van der Waals surface area contributed by atoms with Crippen LogP contribution in [-0.4, -0.2) is 15.3 Å². The average molecular weight is 230 g/mol. The van der Waals surface area contributed by atoms with Crippen LogP contribution in [0.2, 0.25) is 0 Å². The summed E-state index contributed by atoms with van der Waals surface area (Å²) in [6.07, 6.45) is 0.653. The number of phenolic OH excluding ortho intramolecular Hbond substituents is 3. The molecule has 0 aromatic heterocycles. The van der Waals surface area contributed by atoms with Gasteiger partial charge in [0.25, 0.3) is 0 Å². The SMILES string of the molecule is Cc1cc(O)c(O)cc1Cc1ccc(O)cc1. The molecule has 0 amide bonds. The van der Waals surface area contributed by atoms with Gasteiger partial charge in [-0.25, -0.2) is 0 Å². The molecule has 3 heteroatoms. The van der Waals surface area contributed by atoms with E-state index in [-0.39, 0.29) is 17.2 Å². The molecule has 0 atom stereocenters. The molecule has 2 rings (SSSR count). The van der Waals surface area contributed by atoms with Gasteiger partial charge in [0.1, 0.15) is 5.75 Å². The molecule has 0 unspecified atom stereocenters. The van der Waals surface area contributed by atoms with Crippen LogP contribution >= 0.6 is 0 Å². The second-order valence-electron chi connectivity index (χ2n) is 4.11. The number of rotatable bonds is 2. The molecule has 2 aromatic carbocycles. The molecule has 0 aliphatic rings. The smallest absolute Gasteiger partial charge is 0.157 e. The molecule has 0 spiro atoms. The number of hydrogen-bond donors (Lipinski definition) is 3. The molecule has 0 saturated carbocycles. The van der Waals surface area contributed by atoms with Gasteiger partial charge in [0.05, 0.1) is 0 Å². The first-order chi connectivity index (χ1) is 8.06. The molecule has 2 aromatic rings. The monoisotopic (exact) mass is 230 g/mol. The molecule has 0 saturated heterocycles.